The van der Waals surface area contributed by atoms with Crippen molar-refractivity contribution in [2.45, 2.75) is 64.3 Å². The van der Waals surface area contributed by atoms with E-state index in [4.69, 9.17) is 14.2 Å². The Labute approximate surface area is 204 Å². The van der Waals surface area contributed by atoms with Gasteiger partial charge in [0.1, 0.15) is 23.9 Å². The van der Waals surface area contributed by atoms with E-state index in [-0.39, 0.29) is 37.8 Å². The Hall–Kier alpha value is -3.08. The standard InChI is InChI=1S/C24H34FN3O7/c1-16(29)26-13-18-14-28(22(31)34-18)17-6-7-20(19(25)12-17)33-15-24(32)8-5-10-27(11-9-24)21(30)35-23(2,3)4/h6-7,12,18,32H,5,8-11,13-15H2,1-4H3,(H,26,29)/t18-,24?/m0/s1. The SMILES string of the molecule is CC(=O)NC[C@H]1CN(c2ccc(OCC3(O)CCCN(C(=O)OC(C)(C)C)CC3)c(F)c2)C(=O)O1. The zero-order valence-electron chi connectivity index (χ0n) is 20.6. The van der Waals surface area contributed by atoms with Crippen molar-refractivity contribution in [2.75, 3.05) is 37.7 Å². The molecular formula is C24H34FN3O7. The number of amides is 3. The maximum absolute atomic E-state index is 14.8. The molecule has 0 saturated carbocycles. The minimum atomic E-state index is -1.22. The van der Waals surface area contributed by atoms with Gasteiger partial charge in [-0.05, 0) is 52.2 Å². The van der Waals surface area contributed by atoms with Crippen molar-refractivity contribution >= 4 is 23.8 Å². The molecule has 2 aliphatic rings. The second-order valence-corrected chi connectivity index (χ2v) is 10.0. The van der Waals surface area contributed by atoms with E-state index in [2.05, 4.69) is 5.32 Å². The summed E-state index contributed by atoms with van der Waals surface area (Å²) in [5.74, 6) is -0.981. The third-order valence-corrected chi connectivity index (χ3v) is 5.75. The van der Waals surface area contributed by atoms with Crippen molar-refractivity contribution in [1.29, 1.82) is 0 Å². The normalized spacial score (nSPS) is 22.9. The Balaban J connectivity index is 1.56. The van der Waals surface area contributed by atoms with Gasteiger partial charge in [0.05, 0.1) is 18.8 Å². The molecule has 1 unspecified atom stereocenters. The topological polar surface area (TPSA) is 118 Å². The average molecular weight is 496 g/mol. The number of carbonyl (C=O) groups is 3. The van der Waals surface area contributed by atoms with E-state index in [1.165, 1.54) is 30.0 Å². The largest absolute Gasteiger partial charge is 0.488 e. The van der Waals surface area contributed by atoms with E-state index >= 15 is 0 Å². The van der Waals surface area contributed by atoms with E-state index in [0.29, 0.717) is 31.6 Å². The van der Waals surface area contributed by atoms with Crippen molar-refractivity contribution in [3.8, 4) is 5.75 Å². The molecule has 35 heavy (non-hydrogen) atoms. The highest BCUT2D eigenvalue weighted by Crippen LogP contribution is 2.29. The van der Waals surface area contributed by atoms with Crippen molar-refractivity contribution in [1.82, 2.24) is 10.2 Å². The molecule has 11 heteroatoms. The Morgan fingerprint density at radius 3 is 2.69 bits per heavy atom. The van der Waals surface area contributed by atoms with E-state index in [1.54, 1.807) is 25.7 Å². The van der Waals surface area contributed by atoms with Gasteiger partial charge in [0.25, 0.3) is 0 Å². The summed E-state index contributed by atoms with van der Waals surface area (Å²) >= 11 is 0. The molecule has 0 spiro atoms. The fourth-order valence-corrected chi connectivity index (χ4v) is 3.92. The number of carbonyl (C=O) groups excluding carboxylic acids is 3. The van der Waals surface area contributed by atoms with Crippen LogP contribution in [0.1, 0.15) is 47.0 Å². The first-order valence-corrected chi connectivity index (χ1v) is 11.7. The lowest BCUT2D eigenvalue weighted by Gasteiger charge is -2.28. The Morgan fingerprint density at radius 2 is 2.03 bits per heavy atom. The van der Waals surface area contributed by atoms with Gasteiger partial charge in [0.2, 0.25) is 5.91 Å². The lowest BCUT2D eigenvalue weighted by Crippen LogP contribution is -2.40. The highest BCUT2D eigenvalue weighted by molar-refractivity contribution is 5.90. The van der Waals surface area contributed by atoms with Crippen LogP contribution in [-0.4, -0.2) is 78.2 Å². The van der Waals surface area contributed by atoms with Gasteiger partial charge in [0, 0.05) is 26.1 Å². The fraction of sp³-hybridized carbons (Fsp3) is 0.625. The van der Waals surface area contributed by atoms with Crippen LogP contribution in [0.15, 0.2) is 18.2 Å². The molecule has 1 aromatic rings. The number of benzene rings is 1. The third-order valence-electron chi connectivity index (χ3n) is 5.75. The van der Waals surface area contributed by atoms with E-state index < -0.39 is 35.3 Å². The Morgan fingerprint density at radius 1 is 1.29 bits per heavy atom. The minimum Gasteiger partial charge on any atom is -0.488 e. The summed E-state index contributed by atoms with van der Waals surface area (Å²) in [5, 5.41) is 13.6. The highest BCUT2D eigenvalue weighted by Gasteiger charge is 2.35. The first-order valence-electron chi connectivity index (χ1n) is 11.7. The number of aliphatic hydroxyl groups is 1. The van der Waals surface area contributed by atoms with Gasteiger partial charge >= 0.3 is 12.2 Å². The summed E-state index contributed by atoms with van der Waals surface area (Å²) in [6.07, 6.45) is -0.380. The van der Waals surface area contributed by atoms with Gasteiger partial charge in [-0.2, -0.15) is 0 Å². The first-order chi connectivity index (χ1) is 16.3. The summed E-state index contributed by atoms with van der Waals surface area (Å²) in [7, 11) is 0. The molecule has 0 aromatic heterocycles. The zero-order chi connectivity index (χ0) is 25.8. The molecule has 0 aliphatic carbocycles. The number of hydrogen-bond donors (Lipinski definition) is 2. The number of hydrogen-bond acceptors (Lipinski definition) is 7. The van der Waals surface area contributed by atoms with Crippen LogP contribution in [0, 0.1) is 5.82 Å². The van der Waals surface area contributed by atoms with Gasteiger partial charge in [-0.25, -0.2) is 14.0 Å². The summed E-state index contributed by atoms with van der Waals surface area (Å²) < 4.78 is 31.0. The molecule has 2 fully saturated rings. The number of nitrogens with zero attached hydrogens (tertiary/aromatic N) is 2. The minimum absolute atomic E-state index is 0.0576. The van der Waals surface area contributed by atoms with Crippen LogP contribution in [0.25, 0.3) is 0 Å². The van der Waals surface area contributed by atoms with Crippen molar-refractivity contribution < 1.29 is 38.1 Å². The highest BCUT2D eigenvalue weighted by atomic mass is 19.1. The third kappa shape index (κ3) is 7.45. The average Bonchev–Trinajstić information content (AvgIpc) is 3.01. The van der Waals surface area contributed by atoms with Crippen LogP contribution in [-0.2, 0) is 14.3 Å². The monoisotopic (exact) mass is 495 g/mol. The Bertz CT molecular complexity index is 952. The molecule has 2 saturated heterocycles. The maximum Gasteiger partial charge on any atom is 0.414 e. The number of ether oxygens (including phenoxy) is 3. The quantitative estimate of drug-likeness (QED) is 0.623. The van der Waals surface area contributed by atoms with Crippen LogP contribution in [0.5, 0.6) is 5.75 Å². The van der Waals surface area contributed by atoms with Gasteiger partial charge in [-0.1, -0.05) is 0 Å². The number of cyclic esters (lactones) is 1. The van der Waals surface area contributed by atoms with Gasteiger partial charge in [0.15, 0.2) is 11.6 Å². The molecule has 1 aromatic carbocycles. The van der Waals surface area contributed by atoms with Crippen molar-refractivity contribution in [3.05, 3.63) is 24.0 Å². The van der Waals surface area contributed by atoms with E-state index in [1.807, 2.05) is 0 Å². The van der Waals surface area contributed by atoms with E-state index in [0.717, 1.165) is 0 Å². The van der Waals surface area contributed by atoms with Crippen LogP contribution >= 0.6 is 0 Å². The fourth-order valence-electron chi connectivity index (χ4n) is 3.92. The number of likely N-dealkylation sites (tertiary alicyclic amines) is 1. The predicted molar refractivity (Wildman–Crippen MR) is 125 cm³/mol. The van der Waals surface area contributed by atoms with Crippen LogP contribution in [0.4, 0.5) is 19.7 Å². The smallest absolute Gasteiger partial charge is 0.414 e. The van der Waals surface area contributed by atoms with Gasteiger partial charge in [-0.15, -0.1) is 0 Å². The Kier molecular flexibility index (Phi) is 8.09. The molecule has 2 aliphatic heterocycles. The lowest BCUT2D eigenvalue weighted by atomic mass is 9.96. The molecule has 3 amide bonds. The second-order valence-electron chi connectivity index (χ2n) is 10.0. The maximum atomic E-state index is 14.8. The number of nitrogens with one attached hydrogen (secondary N) is 1. The van der Waals surface area contributed by atoms with Crippen molar-refractivity contribution in [2.24, 2.45) is 0 Å². The molecule has 2 heterocycles. The van der Waals surface area contributed by atoms with Crippen molar-refractivity contribution in [3.63, 3.8) is 0 Å². The summed E-state index contributed by atoms with van der Waals surface area (Å²) in [6, 6.07) is 4.09. The predicted octanol–water partition coefficient (Wildman–Crippen LogP) is 2.82. The summed E-state index contributed by atoms with van der Waals surface area (Å²) in [4.78, 5) is 38.4. The number of halogens is 1. The molecule has 2 atom stereocenters. The second kappa shape index (κ2) is 10.7. The van der Waals surface area contributed by atoms with Crippen LogP contribution in [0.3, 0.4) is 0 Å². The van der Waals surface area contributed by atoms with Crippen LogP contribution < -0.4 is 15.0 Å². The number of rotatable bonds is 6. The molecule has 3 rings (SSSR count). The summed E-state index contributed by atoms with van der Waals surface area (Å²) in [6.45, 7) is 7.71. The molecule has 2 N–H and O–H groups in total. The van der Waals surface area contributed by atoms with E-state index in [9.17, 15) is 23.9 Å². The molecule has 0 bridgehead atoms. The molecule has 0 radical (unpaired) electrons. The number of anilines is 1. The zero-order valence-corrected chi connectivity index (χ0v) is 20.6. The molecule has 194 valence electrons. The van der Waals surface area contributed by atoms with Gasteiger partial charge < -0.3 is 29.5 Å². The first kappa shape index (κ1) is 26.5. The van der Waals surface area contributed by atoms with Crippen LogP contribution in [0.2, 0.25) is 0 Å². The summed E-state index contributed by atoms with van der Waals surface area (Å²) in [5.41, 5.74) is -1.53. The van der Waals surface area contributed by atoms with Gasteiger partial charge in [-0.3, -0.25) is 9.69 Å². The molecule has 10 nitrogen and oxygen atoms in total. The lowest BCUT2D eigenvalue weighted by molar-refractivity contribution is -0.119. The molecular weight excluding hydrogens is 461 g/mol.